The van der Waals surface area contributed by atoms with Gasteiger partial charge in [0.15, 0.2) is 0 Å². The van der Waals surface area contributed by atoms with Crippen molar-refractivity contribution in [2.75, 3.05) is 13.2 Å². The second-order valence-electron chi connectivity index (χ2n) is 7.49. The number of hydrogen-bond donors (Lipinski definition) is 1. The van der Waals surface area contributed by atoms with Crippen molar-refractivity contribution in [2.45, 2.75) is 45.6 Å². The topological polar surface area (TPSA) is 56.2 Å². The van der Waals surface area contributed by atoms with Crippen molar-refractivity contribution < 1.29 is 9.53 Å². The minimum atomic E-state index is -0.162. The van der Waals surface area contributed by atoms with E-state index >= 15 is 0 Å². The molecule has 0 saturated heterocycles. The number of aromatic nitrogens is 2. The highest BCUT2D eigenvalue weighted by atomic mass is 16.5. The van der Waals surface area contributed by atoms with Gasteiger partial charge in [0.05, 0.1) is 17.6 Å². The van der Waals surface area contributed by atoms with Crippen molar-refractivity contribution in [3.8, 4) is 5.75 Å². The molecule has 1 unspecified atom stereocenters. The smallest absolute Gasteiger partial charge is 0.243 e. The van der Waals surface area contributed by atoms with E-state index in [2.05, 4.69) is 60.6 Å². The van der Waals surface area contributed by atoms with Crippen molar-refractivity contribution in [1.82, 2.24) is 14.9 Å². The molecular weight excluding hydrogens is 374 g/mol. The van der Waals surface area contributed by atoms with Gasteiger partial charge >= 0.3 is 0 Å². The largest absolute Gasteiger partial charge is 0.494 e. The maximum atomic E-state index is 11.4. The molecular formula is C25H31N3O2. The maximum Gasteiger partial charge on any atom is 0.243 e. The third kappa shape index (κ3) is 5.50. The Hall–Kier alpha value is -3.08. The van der Waals surface area contributed by atoms with E-state index in [1.807, 2.05) is 18.2 Å². The summed E-state index contributed by atoms with van der Waals surface area (Å²) in [5.74, 6) is 2.29. The molecule has 3 aromatic rings. The summed E-state index contributed by atoms with van der Waals surface area (Å²) >= 11 is 0. The van der Waals surface area contributed by atoms with E-state index in [1.54, 1.807) is 0 Å². The lowest BCUT2D eigenvalue weighted by Gasteiger charge is -2.12. The van der Waals surface area contributed by atoms with Gasteiger partial charge in [0.2, 0.25) is 5.91 Å². The summed E-state index contributed by atoms with van der Waals surface area (Å²) in [4.78, 5) is 16.2. The molecule has 5 heteroatoms. The Balaban J connectivity index is 1.58. The van der Waals surface area contributed by atoms with Crippen molar-refractivity contribution in [2.24, 2.45) is 0 Å². The highest BCUT2D eigenvalue weighted by molar-refractivity contribution is 5.86. The van der Waals surface area contributed by atoms with Crippen LogP contribution < -0.4 is 10.1 Å². The zero-order valence-electron chi connectivity index (χ0n) is 17.9. The average molecular weight is 406 g/mol. The Morgan fingerprint density at radius 3 is 2.73 bits per heavy atom. The first-order valence-corrected chi connectivity index (χ1v) is 10.7. The molecule has 3 rings (SSSR count). The van der Waals surface area contributed by atoms with Crippen LogP contribution in [0.5, 0.6) is 5.75 Å². The number of imidazole rings is 1. The fourth-order valence-corrected chi connectivity index (χ4v) is 3.48. The standard InChI is InChI=1S/C25H31N3O2/c1-4-19(3)20-11-13-21(14-12-20)30-18-8-17-28-23-10-7-6-9-22(23)27-24(28)15-16-26-25(29)5-2/h5-7,9-14,19H,2,4,8,15-18H2,1,3H3,(H,26,29). The first-order valence-electron chi connectivity index (χ1n) is 10.7. The quantitative estimate of drug-likeness (QED) is 0.366. The van der Waals surface area contributed by atoms with Crippen LogP contribution in [0.4, 0.5) is 0 Å². The van der Waals surface area contributed by atoms with Gasteiger partial charge in [-0.25, -0.2) is 4.98 Å². The second-order valence-corrected chi connectivity index (χ2v) is 7.49. The van der Waals surface area contributed by atoms with Gasteiger partial charge in [-0.1, -0.05) is 44.7 Å². The zero-order chi connectivity index (χ0) is 21.3. The van der Waals surface area contributed by atoms with Crippen LogP contribution in [-0.2, 0) is 17.8 Å². The first kappa shape index (κ1) is 21.6. The molecule has 1 amide bonds. The Morgan fingerprint density at radius 1 is 1.23 bits per heavy atom. The van der Waals surface area contributed by atoms with E-state index in [4.69, 9.17) is 9.72 Å². The van der Waals surface area contributed by atoms with Gasteiger partial charge in [-0.05, 0) is 54.7 Å². The van der Waals surface area contributed by atoms with E-state index in [-0.39, 0.29) is 5.91 Å². The summed E-state index contributed by atoms with van der Waals surface area (Å²) in [7, 11) is 0. The van der Waals surface area contributed by atoms with Gasteiger partial charge in [0.25, 0.3) is 0 Å². The Kier molecular flexibility index (Phi) is 7.66. The van der Waals surface area contributed by atoms with Gasteiger partial charge < -0.3 is 14.6 Å². The van der Waals surface area contributed by atoms with Crippen molar-refractivity contribution in [3.05, 3.63) is 72.6 Å². The normalized spacial score (nSPS) is 11.9. The first-order chi connectivity index (χ1) is 14.6. The summed E-state index contributed by atoms with van der Waals surface area (Å²) in [6.07, 6.45) is 3.97. The number of benzene rings is 2. The predicted octanol–water partition coefficient (Wildman–Crippen LogP) is 4.86. The molecule has 1 aromatic heterocycles. The summed E-state index contributed by atoms with van der Waals surface area (Å²) in [5.41, 5.74) is 3.44. The van der Waals surface area contributed by atoms with Gasteiger partial charge in [-0.2, -0.15) is 0 Å². The molecule has 0 fully saturated rings. The van der Waals surface area contributed by atoms with Gasteiger partial charge in [-0.15, -0.1) is 0 Å². The molecule has 0 spiro atoms. The molecule has 0 aliphatic rings. The van der Waals surface area contributed by atoms with Crippen molar-refractivity contribution in [3.63, 3.8) is 0 Å². The number of carbonyl (C=O) groups is 1. The van der Waals surface area contributed by atoms with Crippen LogP contribution in [0, 0.1) is 0 Å². The summed E-state index contributed by atoms with van der Waals surface area (Å²) < 4.78 is 8.18. The van der Waals surface area contributed by atoms with Crippen LogP contribution in [0.1, 0.15) is 44.0 Å². The molecule has 0 bridgehead atoms. The Labute approximate surface area is 178 Å². The number of para-hydroxylation sites is 2. The molecule has 0 radical (unpaired) electrons. The van der Waals surface area contributed by atoms with Crippen molar-refractivity contribution in [1.29, 1.82) is 0 Å². The molecule has 158 valence electrons. The van der Waals surface area contributed by atoms with Crippen LogP contribution in [0.25, 0.3) is 11.0 Å². The van der Waals surface area contributed by atoms with E-state index in [1.165, 1.54) is 11.6 Å². The molecule has 1 atom stereocenters. The van der Waals surface area contributed by atoms with Crippen molar-refractivity contribution >= 4 is 16.9 Å². The molecule has 1 heterocycles. The van der Waals surface area contributed by atoms with Crippen LogP contribution in [0.2, 0.25) is 0 Å². The Morgan fingerprint density at radius 2 is 2.00 bits per heavy atom. The van der Waals surface area contributed by atoms with Gasteiger partial charge in [0.1, 0.15) is 11.6 Å². The number of amides is 1. The molecule has 30 heavy (non-hydrogen) atoms. The number of ether oxygens (including phenoxy) is 1. The fraction of sp³-hybridized carbons (Fsp3) is 0.360. The van der Waals surface area contributed by atoms with Crippen LogP contribution in [-0.4, -0.2) is 28.6 Å². The highest BCUT2D eigenvalue weighted by Gasteiger charge is 2.10. The van der Waals surface area contributed by atoms with E-state index in [0.29, 0.717) is 25.5 Å². The summed E-state index contributed by atoms with van der Waals surface area (Å²) in [6, 6.07) is 16.6. The van der Waals surface area contributed by atoms with E-state index in [0.717, 1.165) is 42.0 Å². The molecule has 0 aliphatic heterocycles. The molecule has 0 saturated carbocycles. The van der Waals surface area contributed by atoms with E-state index < -0.39 is 0 Å². The third-order valence-corrected chi connectivity index (χ3v) is 5.42. The monoisotopic (exact) mass is 405 g/mol. The minimum absolute atomic E-state index is 0.162. The lowest BCUT2D eigenvalue weighted by molar-refractivity contribution is -0.116. The molecule has 2 aromatic carbocycles. The molecule has 5 nitrogen and oxygen atoms in total. The zero-order valence-corrected chi connectivity index (χ0v) is 17.9. The number of aryl methyl sites for hydroxylation is 1. The predicted molar refractivity (Wildman–Crippen MR) is 122 cm³/mol. The van der Waals surface area contributed by atoms with Gasteiger partial charge in [0, 0.05) is 19.5 Å². The maximum absolute atomic E-state index is 11.4. The minimum Gasteiger partial charge on any atom is -0.494 e. The third-order valence-electron chi connectivity index (χ3n) is 5.42. The molecule has 1 N–H and O–H groups in total. The second kappa shape index (κ2) is 10.6. The number of fused-ring (bicyclic) bond motifs is 1. The number of nitrogens with zero attached hydrogens (tertiary/aromatic N) is 2. The van der Waals surface area contributed by atoms with Crippen LogP contribution in [0.15, 0.2) is 61.2 Å². The number of rotatable bonds is 11. The fourth-order valence-electron chi connectivity index (χ4n) is 3.48. The Bertz CT molecular complexity index is 976. The summed E-state index contributed by atoms with van der Waals surface area (Å²) in [5, 5.41) is 2.82. The number of hydrogen-bond acceptors (Lipinski definition) is 3. The van der Waals surface area contributed by atoms with Gasteiger partial charge in [-0.3, -0.25) is 4.79 Å². The number of carbonyl (C=O) groups excluding carboxylic acids is 1. The summed E-state index contributed by atoms with van der Waals surface area (Å²) in [6.45, 7) is 9.92. The SMILES string of the molecule is C=CC(=O)NCCc1nc2ccccc2n1CCCOc1ccc(C(C)CC)cc1. The van der Waals surface area contributed by atoms with Crippen LogP contribution in [0.3, 0.4) is 0 Å². The number of nitrogens with one attached hydrogen (secondary N) is 1. The lowest BCUT2D eigenvalue weighted by Crippen LogP contribution is -2.24. The molecule has 0 aliphatic carbocycles. The average Bonchev–Trinajstić information content (AvgIpc) is 3.13. The van der Waals surface area contributed by atoms with Crippen LogP contribution >= 0.6 is 0 Å². The highest BCUT2D eigenvalue weighted by Crippen LogP contribution is 2.22. The van der Waals surface area contributed by atoms with E-state index in [9.17, 15) is 4.79 Å². The lowest BCUT2D eigenvalue weighted by atomic mass is 9.99.